The van der Waals surface area contributed by atoms with Crippen LogP contribution in [0.15, 0.2) is 29.2 Å². The van der Waals surface area contributed by atoms with Gasteiger partial charge in [0, 0.05) is 7.11 Å². The van der Waals surface area contributed by atoms with E-state index in [1.54, 1.807) is 31.4 Å². The van der Waals surface area contributed by atoms with Crippen LogP contribution in [0, 0.1) is 5.92 Å². The quantitative estimate of drug-likeness (QED) is 0.800. The molecule has 0 amide bonds. The molecular weight excluding hydrogens is 264 g/mol. The van der Waals surface area contributed by atoms with Crippen LogP contribution in [0.5, 0.6) is 0 Å². The monoisotopic (exact) mass is 286 g/mol. The number of methoxy groups -OCH3 is 1. The highest BCUT2D eigenvalue weighted by Gasteiger charge is 2.19. The molecule has 1 aromatic carbocycles. The van der Waals surface area contributed by atoms with Gasteiger partial charge in [-0.25, -0.2) is 13.1 Å². The van der Waals surface area contributed by atoms with E-state index in [1.165, 1.54) is 7.05 Å². The van der Waals surface area contributed by atoms with Crippen molar-refractivity contribution < 1.29 is 13.2 Å². The van der Waals surface area contributed by atoms with Crippen molar-refractivity contribution in [3.8, 4) is 0 Å². The van der Waals surface area contributed by atoms with Crippen LogP contribution in [0.25, 0.3) is 0 Å². The predicted octanol–water partition coefficient (Wildman–Crippen LogP) is 1.68. The first-order chi connectivity index (χ1) is 8.92. The van der Waals surface area contributed by atoms with Crippen LogP contribution in [0.1, 0.15) is 13.8 Å². The fraction of sp³-hybridized carbons (Fsp3) is 0.538. The minimum atomic E-state index is -3.47. The highest BCUT2D eigenvalue weighted by molar-refractivity contribution is 7.89. The molecule has 0 radical (unpaired) electrons. The summed E-state index contributed by atoms with van der Waals surface area (Å²) < 4.78 is 31.4. The first kappa shape index (κ1) is 15.9. The number of hydrogen-bond acceptors (Lipinski definition) is 4. The molecule has 1 rings (SSSR count). The normalized spacial score (nSPS) is 13.5. The van der Waals surface area contributed by atoms with Gasteiger partial charge in [-0.3, -0.25) is 0 Å². The molecule has 0 bridgehead atoms. The average Bonchev–Trinajstić information content (AvgIpc) is 2.38. The van der Waals surface area contributed by atoms with Crippen molar-refractivity contribution >= 4 is 15.7 Å². The fourth-order valence-corrected chi connectivity index (χ4v) is 2.60. The molecule has 1 atom stereocenters. The number of anilines is 1. The van der Waals surface area contributed by atoms with Gasteiger partial charge in [0.15, 0.2) is 0 Å². The van der Waals surface area contributed by atoms with Gasteiger partial charge in [-0.2, -0.15) is 0 Å². The van der Waals surface area contributed by atoms with Crippen LogP contribution >= 0.6 is 0 Å². The molecule has 1 aromatic rings. The van der Waals surface area contributed by atoms with Crippen molar-refractivity contribution in [2.45, 2.75) is 24.8 Å². The van der Waals surface area contributed by atoms with Crippen LogP contribution in [-0.4, -0.2) is 35.2 Å². The van der Waals surface area contributed by atoms with Crippen LogP contribution in [0.2, 0.25) is 0 Å². The average molecular weight is 286 g/mol. The van der Waals surface area contributed by atoms with E-state index in [0.29, 0.717) is 18.2 Å². The lowest BCUT2D eigenvalue weighted by Crippen LogP contribution is -2.31. The topological polar surface area (TPSA) is 67.4 Å². The van der Waals surface area contributed by atoms with Crippen LogP contribution in [0.3, 0.4) is 0 Å². The zero-order chi connectivity index (χ0) is 14.5. The van der Waals surface area contributed by atoms with Crippen molar-refractivity contribution in [2.24, 2.45) is 5.92 Å². The Morgan fingerprint density at radius 2 is 1.89 bits per heavy atom. The van der Waals surface area contributed by atoms with Gasteiger partial charge in [0.05, 0.1) is 18.3 Å². The predicted molar refractivity (Wildman–Crippen MR) is 76.8 cm³/mol. The first-order valence-corrected chi connectivity index (χ1v) is 7.68. The summed E-state index contributed by atoms with van der Waals surface area (Å²) in [5.41, 5.74) is 0.590. The molecule has 1 unspecified atom stereocenters. The van der Waals surface area contributed by atoms with Crippen LogP contribution in [0.4, 0.5) is 5.69 Å². The van der Waals surface area contributed by atoms with Gasteiger partial charge in [-0.15, -0.1) is 0 Å². The number of rotatable bonds is 7. The number of para-hydroxylation sites is 1. The molecule has 0 aliphatic carbocycles. The van der Waals surface area contributed by atoms with E-state index >= 15 is 0 Å². The molecule has 0 heterocycles. The summed E-state index contributed by atoms with van der Waals surface area (Å²) in [6, 6.07) is 6.91. The lowest BCUT2D eigenvalue weighted by atomic mass is 10.1. The molecule has 2 N–H and O–H groups in total. The zero-order valence-electron chi connectivity index (χ0n) is 11.8. The van der Waals surface area contributed by atoms with Gasteiger partial charge in [0.25, 0.3) is 0 Å². The highest BCUT2D eigenvalue weighted by atomic mass is 32.2. The summed E-state index contributed by atoms with van der Waals surface area (Å²) in [5.74, 6) is 0.324. The van der Waals surface area contributed by atoms with E-state index in [2.05, 4.69) is 23.9 Å². The van der Waals surface area contributed by atoms with Gasteiger partial charge in [0.1, 0.15) is 4.90 Å². The third-order valence-corrected chi connectivity index (χ3v) is 4.41. The minimum absolute atomic E-state index is 0.0539. The summed E-state index contributed by atoms with van der Waals surface area (Å²) >= 11 is 0. The summed E-state index contributed by atoms with van der Waals surface area (Å²) in [7, 11) is -0.432. The van der Waals surface area contributed by atoms with E-state index in [9.17, 15) is 8.42 Å². The van der Waals surface area contributed by atoms with Gasteiger partial charge in [-0.05, 0) is 25.1 Å². The largest absolute Gasteiger partial charge is 0.383 e. The number of benzene rings is 1. The number of ether oxygens (including phenoxy) is 1. The van der Waals surface area contributed by atoms with E-state index in [4.69, 9.17) is 4.74 Å². The van der Waals surface area contributed by atoms with Crippen molar-refractivity contribution in [3.05, 3.63) is 24.3 Å². The Kier molecular flexibility index (Phi) is 5.78. The molecule has 19 heavy (non-hydrogen) atoms. The Morgan fingerprint density at radius 1 is 1.26 bits per heavy atom. The zero-order valence-corrected chi connectivity index (χ0v) is 12.6. The van der Waals surface area contributed by atoms with Gasteiger partial charge < -0.3 is 10.1 Å². The molecule has 6 heteroatoms. The van der Waals surface area contributed by atoms with E-state index in [0.717, 1.165) is 0 Å². The Labute approximate surface area is 115 Å². The van der Waals surface area contributed by atoms with Crippen molar-refractivity contribution in [1.82, 2.24) is 4.72 Å². The van der Waals surface area contributed by atoms with Crippen LogP contribution < -0.4 is 10.0 Å². The summed E-state index contributed by atoms with van der Waals surface area (Å²) in [6.45, 7) is 4.64. The van der Waals surface area contributed by atoms with E-state index in [1.807, 2.05) is 0 Å². The maximum absolute atomic E-state index is 11.9. The standard InChI is InChI=1S/C13H22N2O3S/c1-10(2)12(9-18-4)15-11-7-5-6-8-13(11)19(16,17)14-3/h5-8,10,12,14-15H,9H2,1-4H3. The molecule has 0 saturated carbocycles. The van der Waals surface area contributed by atoms with Crippen LogP contribution in [-0.2, 0) is 14.8 Å². The SMILES string of the molecule is CNS(=O)(=O)c1ccccc1NC(COC)C(C)C. The maximum atomic E-state index is 11.9. The van der Waals surface area contributed by atoms with Crippen molar-refractivity contribution in [1.29, 1.82) is 0 Å². The second kappa shape index (κ2) is 6.88. The molecule has 0 aliphatic rings. The molecule has 0 aromatic heterocycles. The second-order valence-electron chi connectivity index (χ2n) is 4.65. The molecule has 0 fully saturated rings. The Hall–Kier alpha value is -1.11. The maximum Gasteiger partial charge on any atom is 0.242 e. The smallest absolute Gasteiger partial charge is 0.242 e. The minimum Gasteiger partial charge on any atom is -0.383 e. The number of hydrogen-bond donors (Lipinski definition) is 2. The summed E-state index contributed by atoms with van der Waals surface area (Å²) in [5, 5.41) is 3.24. The molecule has 0 saturated heterocycles. The third kappa shape index (κ3) is 4.19. The van der Waals surface area contributed by atoms with Gasteiger partial charge >= 0.3 is 0 Å². The number of sulfonamides is 1. The third-order valence-electron chi connectivity index (χ3n) is 2.94. The molecule has 0 spiro atoms. The van der Waals surface area contributed by atoms with Crippen molar-refractivity contribution in [3.63, 3.8) is 0 Å². The van der Waals surface area contributed by atoms with E-state index in [-0.39, 0.29) is 10.9 Å². The number of nitrogens with one attached hydrogen (secondary N) is 2. The summed E-state index contributed by atoms with van der Waals surface area (Å²) in [4.78, 5) is 0.249. The van der Waals surface area contributed by atoms with Gasteiger partial charge in [-0.1, -0.05) is 26.0 Å². The summed E-state index contributed by atoms with van der Waals surface area (Å²) in [6.07, 6.45) is 0. The fourth-order valence-electron chi connectivity index (χ4n) is 1.71. The molecule has 5 nitrogen and oxygen atoms in total. The molecule has 108 valence electrons. The highest BCUT2D eigenvalue weighted by Crippen LogP contribution is 2.22. The lowest BCUT2D eigenvalue weighted by molar-refractivity contribution is 0.171. The van der Waals surface area contributed by atoms with Gasteiger partial charge in [0.2, 0.25) is 10.0 Å². The molecular formula is C13H22N2O3S. The first-order valence-electron chi connectivity index (χ1n) is 6.20. The lowest BCUT2D eigenvalue weighted by Gasteiger charge is -2.24. The Balaban J connectivity index is 3.07. The second-order valence-corrected chi connectivity index (χ2v) is 6.51. The molecule has 0 aliphatic heterocycles. The van der Waals surface area contributed by atoms with E-state index < -0.39 is 10.0 Å². The Morgan fingerprint density at radius 3 is 2.42 bits per heavy atom. The van der Waals surface area contributed by atoms with Crippen molar-refractivity contribution in [2.75, 3.05) is 26.1 Å². The Bertz CT molecular complexity index is 500.